The average Bonchev–Trinajstić information content (AvgIpc) is 2.57. The van der Waals surface area contributed by atoms with E-state index in [1.165, 1.54) is 0 Å². The molecule has 5 heteroatoms. The third kappa shape index (κ3) is 5.19. The molecule has 5 nitrogen and oxygen atoms in total. The van der Waals surface area contributed by atoms with Gasteiger partial charge in [-0.05, 0) is 51.6 Å². The van der Waals surface area contributed by atoms with E-state index in [-0.39, 0.29) is 5.91 Å². The highest BCUT2D eigenvalue weighted by molar-refractivity contribution is 5.97. The van der Waals surface area contributed by atoms with Crippen LogP contribution in [0.1, 0.15) is 36.7 Å². The number of hydrogen-bond donors (Lipinski definition) is 2. The van der Waals surface area contributed by atoms with E-state index in [0.717, 1.165) is 36.4 Å². The Morgan fingerprint density at radius 3 is 2.64 bits per heavy atom. The zero-order chi connectivity index (χ0) is 18.6. The van der Waals surface area contributed by atoms with Crippen molar-refractivity contribution < 1.29 is 4.79 Å². The molecule has 1 aliphatic heterocycles. The number of rotatable bonds is 6. The Hall–Kier alpha value is -1.59. The summed E-state index contributed by atoms with van der Waals surface area (Å²) in [6.07, 6.45) is 0. The Labute approximate surface area is 152 Å². The first kappa shape index (κ1) is 19.7. The van der Waals surface area contributed by atoms with Crippen LogP contribution in [0.4, 0.5) is 5.69 Å². The summed E-state index contributed by atoms with van der Waals surface area (Å²) in [6.45, 7) is 12.4. The van der Waals surface area contributed by atoms with Gasteiger partial charge in [-0.1, -0.05) is 19.9 Å². The van der Waals surface area contributed by atoms with Crippen molar-refractivity contribution in [3.05, 3.63) is 29.3 Å². The van der Waals surface area contributed by atoms with Crippen LogP contribution in [0.3, 0.4) is 0 Å². The van der Waals surface area contributed by atoms with Crippen LogP contribution in [0.5, 0.6) is 0 Å². The number of carbonyl (C=O) groups is 1. The number of piperazine rings is 1. The summed E-state index contributed by atoms with van der Waals surface area (Å²) in [5.41, 5.74) is 2.82. The molecule has 0 saturated carbocycles. The van der Waals surface area contributed by atoms with Crippen molar-refractivity contribution in [2.75, 3.05) is 45.6 Å². The Morgan fingerprint density at radius 2 is 1.96 bits per heavy atom. The normalized spacial score (nSPS) is 20.5. The van der Waals surface area contributed by atoms with Crippen LogP contribution in [0.25, 0.3) is 0 Å². The fraction of sp³-hybridized carbons (Fsp3) is 0.650. The molecule has 0 aliphatic carbocycles. The number of likely N-dealkylation sites (N-methyl/N-ethyl adjacent to an activating group) is 2. The maximum absolute atomic E-state index is 12.7. The Bertz CT molecular complexity index is 587. The van der Waals surface area contributed by atoms with Crippen molar-refractivity contribution in [1.82, 2.24) is 15.1 Å². The molecule has 1 fully saturated rings. The van der Waals surface area contributed by atoms with Gasteiger partial charge in [0.15, 0.2) is 0 Å². The summed E-state index contributed by atoms with van der Waals surface area (Å²) in [6, 6.07) is 6.65. The second-order valence-electron chi connectivity index (χ2n) is 7.76. The number of carbonyl (C=O) groups excluding carboxylic acids is 1. The number of benzene rings is 1. The second-order valence-corrected chi connectivity index (χ2v) is 7.76. The largest absolute Gasteiger partial charge is 0.382 e. The van der Waals surface area contributed by atoms with Gasteiger partial charge < -0.3 is 15.5 Å². The predicted octanol–water partition coefficient (Wildman–Crippen LogP) is 2.43. The highest BCUT2D eigenvalue weighted by Gasteiger charge is 2.23. The molecule has 0 unspecified atom stereocenters. The van der Waals surface area contributed by atoms with Crippen molar-refractivity contribution in [3.63, 3.8) is 0 Å². The summed E-state index contributed by atoms with van der Waals surface area (Å²) in [7, 11) is 4.27. The van der Waals surface area contributed by atoms with Gasteiger partial charge in [-0.15, -0.1) is 0 Å². The molecule has 1 heterocycles. The summed E-state index contributed by atoms with van der Waals surface area (Å²) >= 11 is 0. The minimum atomic E-state index is 0.0139. The smallest absolute Gasteiger partial charge is 0.251 e. The lowest BCUT2D eigenvalue weighted by Gasteiger charge is -2.37. The third-order valence-electron chi connectivity index (χ3n) is 5.44. The van der Waals surface area contributed by atoms with E-state index in [2.05, 4.69) is 61.4 Å². The van der Waals surface area contributed by atoms with Crippen LogP contribution in [0.2, 0.25) is 0 Å². The van der Waals surface area contributed by atoms with Gasteiger partial charge in [0.1, 0.15) is 0 Å². The monoisotopic (exact) mass is 346 g/mol. The molecule has 2 rings (SSSR count). The fourth-order valence-corrected chi connectivity index (χ4v) is 3.08. The molecular formula is C20H34N4O. The number of nitrogens with one attached hydrogen (secondary N) is 2. The standard InChI is InChI=1S/C20H34N4O/c1-14(2)16(4)22-19-9-7-8-18(15(19)3)20(25)21-12-17-13-23(5)10-11-24(17)6/h7-9,14,16-17,22H,10-13H2,1-6H3,(H,21,25)/t16-,17-/m1/s1. The maximum Gasteiger partial charge on any atom is 0.251 e. The molecular weight excluding hydrogens is 312 g/mol. The van der Waals surface area contributed by atoms with Crippen LogP contribution in [-0.4, -0.2) is 68.1 Å². The van der Waals surface area contributed by atoms with E-state index >= 15 is 0 Å². The van der Waals surface area contributed by atoms with Gasteiger partial charge >= 0.3 is 0 Å². The zero-order valence-corrected chi connectivity index (χ0v) is 16.6. The molecule has 2 atom stereocenters. The van der Waals surface area contributed by atoms with Gasteiger partial charge in [-0.3, -0.25) is 9.69 Å². The van der Waals surface area contributed by atoms with Gasteiger partial charge in [0, 0.05) is 49.5 Å². The number of anilines is 1. The number of amides is 1. The van der Waals surface area contributed by atoms with Crippen LogP contribution in [-0.2, 0) is 0 Å². The third-order valence-corrected chi connectivity index (χ3v) is 5.44. The zero-order valence-electron chi connectivity index (χ0n) is 16.6. The molecule has 25 heavy (non-hydrogen) atoms. The van der Waals surface area contributed by atoms with Gasteiger partial charge in [-0.25, -0.2) is 0 Å². The molecule has 1 aliphatic rings. The predicted molar refractivity (Wildman–Crippen MR) is 105 cm³/mol. The van der Waals surface area contributed by atoms with Crippen molar-refractivity contribution >= 4 is 11.6 Å². The lowest BCUT2D eigenvalue weighted by atomic mass is 10.0. The molecule has 1 aromatic rings. The topological polar surface area (TPSA) is 47.6 Å². The van der Waals surface area contributed by atoms with Gasteiger partial charge in [-0.2, -0.15) is 0 Å². The summed E-state index contributed by atoms with van der Waals surface area (Å²) < 4.78 is 0. The first-order valence-electron chi connectivity index (χ1n) is 9.32. The van der Waals surface area contributed by atoms with Crippen LogP contribution in [0.15, 0.2) is 18.2 Å². The minimum Gasteiger partial charge on any atom is -0.382 e. The van der Waals surface area contributed by atoms with Crippen LogP contribution in [0, 0.1) is 12.8 Å². The van der Waals surface area contributed by atoms with Crippen molar-refractivity contribution in [1.29, 1.82) is 0 Å². The van der Waals surface area contributed by atoms with Gasteiger partial charge in [0.05, 0.1) is 0 Å². The molecule has 140 valence electrons. The van der Waals surface area contributed by atoms with E-state index < -0.39 is 0 Å². The SMILES string of the molecule is Cc1c(N[C@H](C)C(C)C)cccc1C(=O)NC[C@@H]1CN(C)CCN1C. The van der Waals surface area contributed by atoms with Crippen LogP contribution < -0.4 is 10.6 Å². The van der Waals surface area contributed by atoms with E-state index in [0.29, 0.717) is 24.5 Å². The second kappa shape index (κ2) is 8.68. The van der Waals surface area contributed by atoms with Crippen LogP contribution >= 0.6 is 0 Å². The Morgan fingerprint density at radius 1 is 1.24 bits per heavy atom. The molecule has 1 saturated heterocycles. The lowest BCUT2D eigenvalue weighted by Crippen LogP contribution is -2.54. The molecule has 0 spiro atoms. The fourth-order valence-electron chi connectivity index (χ4n) is 3.08. The summed E-state index contributed by atoms with van der Waals surface area (Å²) in [5, 5.41) is 6.66. The lowest BCUT2D eigenvalue weighted by molar-refractivity contribution is 0.0880. The van der Waals surface area contributed by atoms with E-state index in [4.69, 9.17) is 0 Å². The maximum atomic E-state index is 12.7. The van der Waals surface area contributed by atoms with Crippen molar-refractivity contribution in [3.8, 4) is 0 Å². The highest BCUT2D eigenvalue weighted by atomic mass is 16.1. The Kier molecular flexibility index (Phi) is 6.85. The molecule has 1 aromatic carbocycles. The highest BCUT2D eigenvalue weighted by Crippen LogP contribution is 2.21. The minimum absolute atomic E-state index is 0.0139. The molecule has 2 N–H and O–H groups in total. The first-order chi connectivity index (χ1) is 11.8. The summed E-state index contributed by atoms with van der Waals surface area (Å²) in [4.78, 5) is 17.3. The van der Waals surface area contributed by atoms with E-state index in [1.54, 1.807) is 0 Å². The average molecular weight is 347 g/mol. The quantitative estimate of drug-likeness (QED) is 0.830. The first-order valence-corrected chi connectivity index (χ1v) is 9.32. The van der Waals surface area contributed by atoms with E-state index in [9.17, 15) is 4.79 Å². The number of hydrogen-bond acceptors (Lipinski definition) is 4. The Balaban J connectivity index is 2.01. The van der Waals surface area contributed by atoms with Crippen molar-refractivity contribution in [2.45, 2.75) is 39.8 Å². The van der Waals surface area contributed by atoms with E-state index in [1.807, 2.05) is 19.1 Å². The summed E-state index contributed by atoms with van der Waals surface area (Å²) in [5.74, 6) is 0.552. The molecule has 0 radical (unpaired) electrons. The molecule has 0 bridgehead atoms. The molecule has 0 aromatic heterocycles. The van der Waals surface area contributed by atoms with Gasteiger partial charge in [0.25, 0.3) is 5.91 Å². The number of nitrogens with zero attached hydrogens (tertiary/aromatic N) is 2. The van der Waals surface area contributed by atoms with Gasteiger partial charge in [0.2, 0.25) is 0 Å². The molecule has 1 amide bonds. The van der Waals surface area contributed by atoms with Crippen molar-refractivity contribution in [2.24, 2.45) is 5.92 Å².